The molecule has 0 amide bonds. The van der Waals surface area contributed by atoms with Crippen molar-refractivity contribution < 1.29 is 13.2 Å². The smallest absolute Gasteiger partial charge is 0.233 e. The molecule has 4 nitrogen and oxygen atoms in total. The highest BCUT2D eigenvalue weighted by atomic mass is 32.2. The molecule has 0 saturated carbocycles. The Labute approximate surface area is 70.1 Å². The standard InChI is InChI=1S/C7H7NO3S/c8-12(10,11)7-3-1-2-6(4-7)5-9/h1-3H,4H2,(H2,8,10,11). The van der Waals surface area contributed by atoms with Crippen molar-refractivity contribution >= 4 is 16.0 Å². The van der Waals surface area contributed by atoms with E-state index >= 15 is 0 Å². The van der Waals surface area contributed by atoms with E-state index in [2.05, 4.69) is 0 Å². The van der Waals surface area contributed by atoms with E-state index in [1.165, 1.54) is 18.2 Å². The Morgan fingerprint density at radius 3 is 2.67 bits per heavy atom. The molecule has 64 valence electrons. The van der Waals surface area contributed by atoms with Crippen LogP contribution in [0.15, 0.2) is 28.7 Å². The topological polar surface area (TPSA) is 77.2 Å². The Kier molecular flexibility index (Phi) is 2.28. The first-order valence-corrected chi connectivity index (χ1v) is 4.72. The van der Waals surface area contributed by atoms with Gasteiger partial charge in [-0.1, -0.05) is 6.08 Å². The Bertz CT molecular complexity index is 396. The summed E-state index contributed by atoms with van der Waals surface area (Å²) in [6, 6.07) is 0. The van der Waals surface area contributed by atoms with Gasteiger partial charge in [0, 0.05) is 12.0 Å². The second kappa shape index (κ2) is 3.06. The third-order valence-electron chi connectivity index (χ3n) is 1.44. The van der Waals surface area contributed by atoms with Crippen LogP contribution in [0, 0.1) is 0 Å². The van der Waals surface area contributed by atoms with Gasteiger partial charge in [-0.3, -0.25) is 0 Å². The molecule has 0 bridgehead atoms. The molecular weight excluding hydrogens is 178 g/mol. The van der Waals surface area contributed by atoms with Crippen molar-refractivity contribution in [2.24, 2.45) is 5.14 Å². The first-order chi connectivity index (χ1) is 5.54. The number of nitrogens with two attached hydrogens (primary N) is 1. The average molecular weight is 185 g/mol. The molecule has 0 radical (unpaired) electrons. The second-order valence-electron chi connectivity index (χ2n) is 2.34. The van der Waals surface area contributed by atoms with Crippen molar-refractivity contribution in [3.05, 3.63) is 28.7 Å². The number of hydrogen-bond donors (Lipinski definition) is 1. The SMILES string of the molecule is NS(=O)(=O)C1=CC=CC(=C=O)C1. The highest BCUT2D eigenvalue weighted by Gasteiger charge is 2.14. The third-order valence-corrected chi connectivity index (χ3v) is 2.45. The van der Waals surface area contributed by atoms with E-state index < -0.39 is 10.0 Å². The second-order valence-corrected chi connectivity index (χ2v) is 3.96. The summed E-state index contributed by atoms with van der Waals surface area (Å²) in [5.74, 6) is 1.62. The van der Waals surface area contributed by atoms with Gasteiger partial charge in [-0.15, -0.1) is 0 Å². The van der Waals surface area contributed by atoms with Crippen LogP contribution in [-0.4, -0.2) is 14.4 Å². The molecule has 1 aliphatic carbocycles. The maximum absolute atomic E-state index is 10.8. The molecule has 1 rings (SSSR count). The van der Waals surface area contributed by atoms with Crippen LogP contribution in [0.1, 0.15) is 6.42 Å². The Morgan fingerprint density at radius 1 is 1.50 bits per heavy atom. The number of hydrogen-bond acceptors (Lipinski definition) is 3. The van der Waals surface area contributed by atoms with Gasteiger partial charge >= 0.3 is 0 Å². The van der Waals surface area contributed by atoms with Gasteiger partial charge in [-0.25, -0.2) is 18.4 Å². The maximum Gasteiger partial charge on any atom is 0.234 e. The molecular formula is C7H7NO3S. The Balaban J connectivity index is 3.07. The molecule has 0 heterocycles. The minimum atomic E-state index is -3.66. The predicted octanol–water partition coefficient (Wildman–Crippen LogP) is -0.123. The van der Waals surface area contributed by atoms with Gasteiger partial charge in [0.25, 0.3) is 0 Å². The molecule has 0 aromatic heterocycles. The van der Waals surface area contributed by atoms with E-state index in [0.717, 1.165) is 0 Å². The van der Waals surface area contributed by atoms with E-state index in [0.29, 0.717) is 5.57 Å². The summed E-state index contributed by atoms with van der Waals surface area (Å²) >= 11 is 0. The molecule has 1 aliphatic rings. The molecule has 0 spiro atoms. The lowest BCUT2D eigenvalue weighted by Crippen LogP contribution is -2.15. The van der Waals surface area contributed by atoms with Gasteiger partial charge in [0.15, 0.2) is 0 Å². The zero-order valence-electron chi connectivity index (χ0n) is 6.15. The highest BCUT2D eigenvalue weighted by molar-refractivity contribution is 7.93. The average Bonchev–Trinajstić information content (AvgIpc) is 2.03. The van der Waals surface area contributed by atoms with Crippen LogP contribution in [0.2, 0.25) is 0 Å². The van der Waals surface area contributed by atoms with Crippen molar-refractivity contribution in [3.63, 3.8) is 0 Å². The van der Waals surface area contributed by atoms with E-state index in [9.17, 15) is 13.2 Å². The minimum Gasteiger partial charge on any atom is -0.233 e. The number of primary sulfonamides is 1. The van der Waals surface area contributed by atoms with E-state index in [-0.39, 0.29) is 11.3 Å². The van der Waals surface area contributed by atoms with Gasteiger partial charge in [0.2, 0.25) is 10.0 Å². The molecule has 2 N–H and O–H groups in total. The number of rotatable bonds is 1. The fourth-order valence-corrected chi connectivity index (χ4v) is 1.47. The largest absolute Gasteiger partial charge is 0.234 e. The summed E-state index contributed by atoms with van der Waals surface area (Å²) in [6.45, 7) is 0. The molecule has 12 heavy (non-hydrogen) atoms. The quantitative estimate of drug-likeness (QED) is 0.578. The summed E-state index contributed by atoms with van der Waals surface area (Å²) < 4.78 is 21.6. The van der Waals surface area contributed by atoms with Crippen LogP contribution in [0.4, 0.5) is 0 Å². The lowest BCUT2D eigenvalue weighted by molar-refractivity contribution is 0.567. The molecule has 0 aromatic carbocycles. The first kappa shape index (κ1) is 8.93. The number of allylic oxidation sites excluding steroid dienone is 5. The van der Waals surface area contributed by atoms with Crippen LogP contribution >= 0.6 is 0 Å². The zero-order chi connectivity index (χ0) is 9.19. The van der Waals surface area contributed by atoms with Crippen molar-refractivity contribution in [2.75, 3.05) is 0 Å². The molecule has 0 aromatic rings. The summed E-state index contributed by atoms with van der Waals surface area (Å²) in [5, 5.41) is 4.85. The molecule has 0 aliphatic heterocycles. The van der Waals surface area contributed by atoms with Crippen molar-refractivity contribution in [3.8, 4) is 0 Å². The highest BCUT2D eigenvalue weighted by Crippen LogP contribution is 2.18. The van der Waals surface area contributed by atoms with Crippen LogP contribution in [0.5, 0.6) is 0 Å². The third kappa shape index (κ3) is 1.92. The van der Waals surface area contributed by atoms with Crippen LogP contribution in [0.3, 0.4) is 0 Å². The fraction of sp³-hybridized carbons (Fsp3) is 0.143. The normalized spacial score (nSPS) is 17.1. The first-order valence-electron chi connectivity index (χ1n) is 3.18. The molecule has 0 atom stereocenters. The van der Waals surface area contributed by atoms with Gasteiger partial charge in [-0.05, 0) is 12.2 Å². The van der Waals surface area contributed by atoms with Crippen LogP contribution in [0.25, 0.3) is 0 Å². The fourth-order valence-electron chi connectivity index (χ4n) is 0.843. The summed E-state index contributed by atoms with van der Waals surface area (Å²) in [6.07, 6.45) is 4.38. The Hall–Kier alpha value is -1.16. The van der Waals surface area contributed by atoms with Crippen molar-refractivity contribution in [2.45, 2.75) is 6.42 Å². The van der Waals surface area contributed by atoms with Gasteiger partial charge in [0.05, 0.1) is 4.91 Å². The number of sulfonamides is 1. The zero-order valence-corrected chi connectivity index (χ0v) is 6.97. The monoisotopic (exact) mass is 185 g/mol. The maximum atomic E-state index is 10.8. The molecule has 0 fully saturated rings. The van der Waals surface area contributed by atoms with E-state index in [1.54, 1.807) is 5.94 Å². The molecule has 0 unspecified atom stereocenters. The van der Waals surface area contributed by atoms with Crippen molar-refractivity contribution in [1.29, 1.82) is 0 Å². The summed E-state index contributed by atoms with van der Waals surface area (Å²) in [5.41, 5.74) is 0.293. The van der Waals surface area contributed by atoms with E-state index in [4.69, 9.17) is 5.14 Å². The lowest BCUT2D eigenvalue weighted by Gasteiger charge is -2.05. The number of carbonyl (C=O) groups excluding carboxylic acids is 1. The van der Waals surface area contributed by atoms with Crippen LogP contribution < -0.4 is 5.14 Å². The molecule has 0 saturated heterocycles. The van der Waals surface area contributed by atoms with E-state index in [1.807, 2.05) is 0 Å². The summed E-state index contributed by atoms with van der Waals surface area (Å²) in [7, 11) is -3.66. The minimum absolute atomic E-state index is 0.0405. The lowest BCUT2D eigenvalue weighted by atomic mass is 10.1. The predicted molar refractivity (Wildman–Crippen MR) is 44.2 cm³/mol. The molecule has 5 heteroatoms. The van der Waals surface area contributed by atoms with Gasteiger partial charge in [-0.2, -0.15) is 0 Å². The van der Waals surface area contributed by atoms with Crippen molar-refractivity contribution in [1.82, 2.24) is 0 Å². The van der Waals surface area contributed by atoms with Crippen LogP contribution in [-0.2, 0) is 14.8 Å². The Morgan fingerprint density at radius 2 is 2.17 bits per heavy atom. The van der Waals surface area contributed by atoms with Gasteiger partial charge in [0.1, 0.15) is 5.94 Å². The summed E-state index contributed by atoms with van der Waals surface area (Å²) in [4.78, 5) is 10.2. The van der Waals surface area contributed by atoms with Gasteiger partial charge < -0.3 is 0 Å².